The third kappa shape index (κ3) is 2.12. The average molecular weight is 169 g/mol. The molecule has 0 aliphatic rings. The van der Waals surface area contributed by atoms with E-state index in [9.17, 15) is 4.39 Å². The molecule has 12 heavy (non-hydrogen) atoms. The normalized spacial score (nSPS) is 9.83. The Morgan fingerprint density at radius 2 is 2.25 bits per heavy atom. The van der Waals surface area contributed by atoms with Crippen molar-refractivity contribution in [2.45, 2.75) is 13.3 Å². The Bertz CT molecular complexity index is 263. The number of benzene rings is 1. The van der Waals surface area contributed by atoms with E-state index in [0.717, 1.165) is 6.42 Å². The summed E-state index contributed by atoms with van der Waals surface area (Å²) in [6.45, 7) is 2.50. The maximum atomic E-state index is 13.0. The van der Waals surface area contributed by atoms with Gasteiger partial charge in [-0.2, -0.15) is 0 Å². The number of anilines is 1. The minimum absolute atomic E-state index is 0.269. The lowest BCUT2D eigenvalue weighted by Crippen LogP contribution is -1.98. The van der Waals surface area contributed by atoms with Gasteiger partial charge < -0.3 is 10.5 Å². The second-order valence-corrected chi connectivity index (χ2v) is 2.54. The van der Waals surface area contributed by atoms with Crippen molar-refractivity contribution in [2.24, 2.45) is 0 Å². The van der Waals surface area contributed by atoms with E-state index < -0.39 is 5.82 Å². The van der Waals surface area contributed by atoms with Gasteiger partial charge in [0, 0.05) is 11.8 Å². The van der Waals surface area contributed by atoms with E-state index in [0.29, 0.717) is 12.3 Å². The fraction of sp³-hybridized carbons (Fsp3) is 0.333. The van der Waals surface area contributed by atoms with Crippen LogP contribution in [0.4, 0.5) is 10.1 Å². The molecule has 0 fully saturated rings. The summed E-state index contributed by atoms with van der Waals surface area (Å²) >= 11 is 0. The second kappa shape index (κ2) is 3.95. The van der Waals surface area contributed by atoms with Gasteiger partial charge in [0.25, 0.3) is 0 Å². The van der Waals surface area contributed by atoms with Gasteiger partial charge >= 0.3 is 0 Å². The number of nitrogen functional groups attached to an aromatic ring is 1. The van der Waals surface area contributed by atoms with Crippen molar-refractivity contribution < 1.29 is 9.13 Å². The van der Waals surface area contributed by atoms with Crippen LogP contribution in [-0.4, -0.2) is 6.61 Å². The monoisotopic (exact) mass is 169 g/mol. The van der Waals surface area contributed by atoms with Crippen LogP contribution in [0.15, 0.2) is 18.2 Å². The Morgan fingerprint density at radius 1 is 1.50 bits per heavy atom. The van der Waals surface area contributed by atoms with Crippen molar-refractivity contribution in [2.75, 3.05) is 12.3 Å². The molecule has 0 aromatic heterocycles. The molecule has 0 aliphatic heterocycles. The molecule has 0 amide bonds. The number of rotatable bonds is 3. The molecular formula is C9H12FNO. The predicted molar refractivity (Wildman–Crippen MR) is 46.6 cm³/mol. The van der Waals surface area contributed by atoms with E-state index in [1.54, 1.807) is 12.1 Å². The van der Waals surface area contributed by atoms with Crippen LogP contribution in [0.3, 0.4) is 0 Å². The SMILES string of the molecule is CCCOc1ccc(N)cc1F. The maximum absolute atomic E-state index is 13.0. The quantitative estimate of drug-likeness (QED) is 0.704. The minimum Gasteiger partial charge on any atom is -0.491 e. The maximum Gasteiger partial charge on any atom is 0.167 e. The molecule has 1 aromatic rings. The summed E-state index contributed by atoms with van der Waals surface area (Å²) in [6, 6.07) is 4.42. The molecule has 66 valence electrons. The van der Waals surface area contributed by atoms with Crippen molar-refractivity contribution in [3.05, 3.63) is 24.0 Å². The van der Waals surface area contributed by atoms with Gasteiger partial charge in [-0.3, -0.25) is 0 Å². The van der Waals surface area contributed by atoms with Crippen LogP contribution < -0.4 is 10.5 Å². The molecule has 2 N–H and O–H groups in total. The van der Waals surface area contributed by atoms with Crippen LogP contribution in [0.5, 0.6) is 5.75 Å². The summed E-state index contributed by atoms with van der Waals surface area (Å²) in [5.74, 6) is -0.130. The molecule has 3 heteroatoms. The van der Waals surface area contributed by atoms with Gasteiger partial charge in [0.05, 0.1) is 6.61 Å². The molecule has 0 aliphatic carbocycles. The lowest BCUT2D eigenvalue weighted by molar-refractivity contribution is 0.301. The Morgan fingerprint density at radius 3 is 2.83 bits per heavy atom. The Labute approximate surface area is 71.1 Å². The van der Waals surface area contributed by atoms with Gasteiger partial charge in [-0.15, -0.1) is 0 Å². The van der Waals surface area contributed by atoms with Gasteiger partial charge in [-0.05, 0) is 18.6 Å². The zero-order chi connectivity index (χ0) is 8.97. The number of nitrogens with two attached hydrogens (primary N) is 1. The van der Waals surface area contributed by atoms with Gasteiger partial charge in [0.1, 0.15) is 0 Å². The van der Waals surface area contributed by atoms with Crippen LogP contribution in [0, 0.1) is 5.82 Å². The zero-order valence-electron chi connectivity index (χ0n) is 7.01. The van der Waals surface area contributed by atoms with Crippen molar-refractivity contribution in [3.63, 3.8) is 0 Å². The lowest BCUT2D eigenvalue weighted by Gasteiger charge is -2.05. The first kappa shape index (κ1) is 8.84. The first-order valence-electron chi connectivity index (χ1n) is 3.92. The highest BCUT2D eigenvalue weighted by atomic mass is 19.1. The molecule has 0 atom stereocenters. The second-order valence-electron chi connectivity index (χ2n) is 2.54. The molecule has 0 saturated heterocycles. The van der Waals surface area contributed by atoms with E-state index in [2.05, 4.69) is 0 Å². The Hall–Kier alpha value is -1.25. The molecule has 0 bridgehead atoms. The number of hydrogen-bond donors (Lipinski definition) is 1. The van der Waals surface area contributed by atoms with Crippen molar-refractivity contribution in [1.82, 2.24) is 0 Å². The molecule has 2 nitrogen and oxygen atoms in total. The number of hydrogen-bond acceptors (Lipinski definition) is 2. The van der Waals surface area contributed by atoms with Gasteiger partial charge in [0.15, 0.2) is 11.6 Å². The third-order valence-electron chi connectivity index (χ3n) is 1.42. The first-order chi connectivity index (χ1) is 5.74. The zero-order valence-corrected chi connectivity index (χ0v) is 7.01. The molecule has 0 spiro atoms. The Kier molecular flexibility index (Phi) is 2.91. The minimum atomic E-state index is -0.400. The van der Waals surface area contributed by atoms with Gasteiger partial charge in [-0.1, -0.05) is 6.92 Å². The Balaban J connectivity index is 2.72. The summed E-state index contributed by atoms with van der Waals surface area (Å²) in [6.07, 6.45) is 0.865. The van der Waals surface area contributed by atoms with Crippen molar-refractivity contribution >= 4 is 5.69 Å². The van der Waals surface area contributed by atoms with Gasteiger partial charge in [-0.25, -0.2) is 4.39 Å². The van der Waals surface area contributed by atoms with E-state index in [1.807, 2.05) is 6.92 Å². The smallest absolute Gasteiger partial charge is 0.167 e. The number of halogens is 1. The van der Waals surface area contributed by atoms with Crippen LogP contribution in [0.1, 0.15) is 13.3 Å². The van der Waals surface area contributed by atoms with E-state index in [-0.39, 0.29) is 5.75 Å². The summed E-state index contributed by atoms with van der Waals surface area (Å²) in [4.78, 5) is 0. The molecule has 0 heterocycles. The summed E-state index contributed by atoms with van der Waals surface area (Å²) < 4.78 is 18.1. The fourth-order valence-electron chi connectivity index (χ4n) is 0.846. The fourth-order valence-corrected chi connectivity index (χ4v) is 0.846. The summed E-state index contributed by atoms with van der Waals surface area (Å²) in [5, 5.41) is 0. The average Bonchev–Trinajstić information content (AvgIpc) is 2.03. The highest BCUT2D eigenvalue weighted by Gasteiger charge is 2.01. The first-order valence-corrected chi connectivity index (χ1v) is 3.92. The molecule has 0 saturated carbocycles. The van der Waals surface area contributed by atoms with E-state index >= 15 is 0 Å². The van der Waals surface area contributed by atoms with Crippen LogP contribution in [0.25, 0.3) is 0 Å². The van der Waals surface area contributed by atoms with Gasteiger partial charge in [0.2, 0.25) is 0 Å². The summed E-state index contributed by atoms with van der Waals surface area (Å²) in [5.41, 5.74) is 5.77. The third-order valence-corrected chi connectivity index (χ3v) is 1.42. The number of ether oxygens (including phenoxy) is 1. The molecule has 0 radical (unpaired) electrons. The molecule has 0 unspecified atom stereocenters. The lowest BCUT2D eigenvalue weighted by atomic mass is 10.3. The van der Waals surface area contributed by atoms with Crippen molar-refractivity contribution in [1.29, 1.82) is 0 Å². The topological polar surface area (TPSA) is 35.2 Å². The standard InChI is InChI=1S/C9H12FNO/c1-2-5-12-9-4-3-7(11)6-8(9)10/h3-4,6H,2,5,11H2,1H3. The predicted octanol–water partition coefficient (Wildman–Crippen LogP) is 2.20. The van der Waals surface area contributed by atoms with Crippen LogP contribution >= 0.6 is 0 Å². The van der Waals surface area contributed by atoms with Crippen LogP contribution in [0.2, 0.25) is 0 Å². The molecule has 1 aromatic carbocycles. The molecular weight excluding hydrogens is 157 g/mol. The largest absolute Gasteiger partial charge is 0.491 e. The summed E-state index contributed by atoms with van der Waals surface area (Å²) in [7, 11) is 0. The van der Waals surface area contributed by atoms with Crippen molar-refractivity contribution in [3.8, 4) is 5.75 Å². The highest BCUT2D eigenvalue weighted by molar-refractivity contribution is 5.42. The van der Waals surface area contributed by atoms with E-state index in [4.69, 9.17) is 10.5 Å². The van der Waals surface area contributed by atoms with Crippen LogP contribution in [-0.2, 0) is 0 Å². The highest BCUT2D eigenvalue weighted by Crippen LogP contribution is 2.19. The van der Waals surface area contributed by atoms with E-state index in [1.165, 1.54) is 6.07 Å². The molecule has 1 rings (SSSR count).